The number of methoxy groups -OCH3 is 1. The van der Waals surface area contributed by atoms with Crippen molar-refractivity contribution in [1.82, 2.24) is 9.88 Å². The minimum atomic E-state index is -0.677. The van der Waals surface area contributed by atoms with Crippen LogP contribution in [0.1, 0.15) is 48.0 Å². The molecular weight excluding hydrogens is 430 g/mol. The van der Waals surface area contributed by atoms with E-state index < -0.39 is 5.60 Å². The third-order valence-electron chi connectivity index (χ3n) is 7.91. The van der Waals surface area contributed by atoms with Gasteiger partial charge in [-0.1, -0.05) is 25.0 Å². The van der Waals surface area contributed by atoms with E-state index in [1.54, 1.807) is 13.3 Å². The Morgan fingerprint density at radius 2 is 1.94 bits per heavy atom. The number of amides is 1. The van der Waals surface area contributed by atoms with Gasteiger partial charge in [-0.15, -0.1) is 0 Å². The zero-order valence-corrected chi connectivity index (χ0v) is 20.0. The highest BCUT2D eigenvalue weighted by Gasteiger charge is 2.49. The van der Waals surface area contributed by atoms with E-state index >= 15 is 0 Å². The number of carbonyl (C=O) groups excluding carboxylic acids is 1. The Morgan fingerprint density at radius 1 is 1.15 bits per heavy atom. The molecule has 5 rings (SSSR count). The second kappa shape index (κ2) is 9.92. The van der Waals surface area contributed by atoms with Crippen molar-refractivity contribution < 1.29 is 19.4 Å². The quantitative estimate of drug-likeness (QED) is 0.730. The minimum Gasteiger partial charge on any atom is -0.497 e. The highest BCUT2D eigenvalue weighted by molar-refractivity contribution is 5.95. The van der Waals surface area contributed by atoms with Gasteiger partial charge in [0.2, 0.25) is 0 Å². The van der Waals surface area contributed by atoms with Crippen molar-refractivity contribution >= 4 is 11.7 Å². The fraction of sp³-hybridized carbons (Fsp3) is 0.556. The number of benzene rings is 1. The molecule has 2 saturated heterocycles. The summed E-state index contributed by atoms with van der Waals surface area (Å²) in [6.45, 7) is 3.49. The number of ether oxygens (including phenoxy) is 2. The number of pyridine rings is 1. The van der Waals surface area contributed by atoms with Gasteiger partial charge >= 0.3 is 0 Å². The summed E-state index contributed by atoms with van der Waals surface area (Å²) in [6, 6.07) is 11.8. The van der Waals surface area contributed by atoms with Gasteiger partial charge in [0.1, 0.15) is 11.6 Å². The Bertz CT molecular complexity index is 992. The molecule has 7 nitrogen and oxygen atoms in total. The van der Waals surface area contributed by atoms with E-state index in [-0.39, 0.29) is 17.9 Å². The Kier molecular flexibility index (Phi) is 6.75. The van der Waals surface area contributed by atoms with Gasteiger partial charge in [-0.3, -0.25) is 4.79 Å². The number of morpholine rings is 1. The van der Waals surface area contributed by atoms with Crippen LogP contribution in [0.2, 0.25) is 0 Å². The van der Waals surface area contributed by atoms with E-state index in [0.717, 1.165) is 62.3 Å². The summed E-state index contributed by atoms with van der Waals surface area (Å²) < 4.78 is 10.8. The summed E-state index contributed by atoms with van der Waals surface area (Å²) in [4.78, 5) is 22.6. The maximum atomic E-state index is 13.9. The summed E-state index contributed by atoms with van der Waals surface area (Å²) in [6.07, 6.45) is 7.05. The average molecular weight is 466 g/mol. The first kappa shape index (κ1) is 23.1. The maximum absolute atomic E-state index is 13.9. The molecule has 1 aromatic carbocycles. The number of rotatable bonds is 5. The van der Waals surface area contributed by atoms with Crippen molar-refractivity contribution in [3.63, 3.8) is 0 Å². The van der Waals surface area contributed by atoms with Gasteiger partial charge in [0.05, 0.1) is 25.9 Å². The molecule has 1 aliphatic carbocycles. The van der Waals surface area contributed by atoms with Crippen molar-refractivity contribution in [3.8, 4) is 5.75 Å². The Labute approximate surface area is 201 Å². The maximum Gasteiger partial charge on any atom is 0.254 e. The monoisotopic (exact) mass is 465 g/mol. The van der Waals surface area contributed by atoms with Gasteiger partial charge in [-0.25, -0.2) is 4.98 Å². The highest BCUT2D eigenvalue weighted by atomic mass is 16.5. The van der Waals surface area contributed by atoms with Crippen LogP contribution in [0.3, 0.4) is 0 Å². The molecule has 1 N–H and O–H groups in total. The van der Waals surface area contributed by atoms with Gasteiger partial charge in [-0.05, 0) is 55.5 Å². The first-order valence-corrected chi connectivity index (χ1v) is 12.5. The van der Waals surface area contributed by atoms with Crippen molar-refractivity contribution in [2.75, 3.05) is 44.9 Å². The third kappa shape index (κ3) is 4.64. The molecule has 0 unspecified atom stereocenters. The van der Waals surface area contributed by atoms with Gasteiger partial charge < -0.3 is 24.4 Å². The van der Waals surface area contributed by atoms with Gasteiger partial charge in [0.25, 0.3) is 5.91 Å². The smallest absolute Gasteiger partial charge is 0.254 e. The normalized spacial score (nSPS) is 27.2. The summed E-state index contributed by atoms with van der Waals surface area (Å²) >= 11 is 0. The molecule has 3 heterocycles. The van der Waals surface area contributed by atoms with Crippen LogP contribution in [0, 0.1) is 5.92 Å². The molecule has 1 amide bonds. The van der Waals surface area contributed by atoms with E-state index in [2.05, 4.69) is 22.0 Å². The third-order valence-corrected chi connectivity index (χ3v) is 7.91. The molecule has 2 aromatic rings. The number of hydrogen-bond donors (Lipinski definition) is 1. The number of aromatic nitrogens is 1. The molecule has 3 atom stereocenters. The predicted octanol–water partition coefficient (Wildman–Crippen LogP) is 3.31. The van der Waals surface area contributed by atoms with E-state index in [1.807, 2.05) is 29.2 Å². The van der Waals surface area contributed by atoms with Crippen LogP contribution in [-0.2, 0) is 11.2 Å². The molecule has 3 aliphatic rings. The number of nitrogens with zero attached hydrogens (tertiary/aromatic N) is 3. The van der Waals surface area contributed by atoms with Crippen molar-refractivity contribution in [2.45, 2.75) is 50.2 Å². The molecule has 34 heavy (non-hydrogen) atoms. The molecule has 0 radical (unpaired) electrons. The van der Waals surface area contributed by atoms with Crippen molar-refractivity contribution in [2.24, 2.45) is 5.92 Å². The molecule has 1 saturated carbocycles. The van der Waals surface area contributed by atoms with Crippen molar-refractivity contribution in [3.05, 3.63) is 53.7 Å². The molecule has 2 aliphatic heterocycles. The largest absolute Gasteiger partial charge is 0.497 e. The van der Waals surface area contributed by atoms with Crippen LogP contribution in [0.5, 0.6) is 5.75 Å². The fourth-order valence-electron chi connectivity index (χ4n) is 6.00. The first-order valence-electron chi connectivity index (χ1n) is 12.5. The van der Waals surface area contributed by atoms with Crippen LogP contribution in [0.25, 0.3) is 0 Å². The Balaban J connectivity index is 1.42. The summed E-state index contributed by atoms with van der Waals surface area (Å²) in [5, 5.41) is 11.5. The van der Waals surface area contributed by atoms with E-state index in [9.17, 15) is 9.90 Å². The lowest BCUT2D eigenvalue weighted by molar-refractivity contribution is -0.113. The zero-order chi connectivity index (χ0) is 23.5. The Hall–Kier alpha value is -2.64. The summed E-state index contributed by atoms with van der Waals surface area (Å²) in [7, 11) is 1.67. The number of fused-ring (bicyclic) bond motifs is 1. The van der Waals surface area contributed by atoms with Crippen LogP contribution < -0.4 is 9.64 Å². The number of likely N-dealkylation sites (tertiary alicyclic amines) is 1. The standard InChI is InChI=1S/C27H35N3O4/c1-33-22-7-5-20(6-8-22)18-24-23-4-2-3-10-27(23,32)11-13-30(24)26(31)21-9-12-28-25(19-21)29-14-16-34-17-15-29/h5-9,12,19,23-24,32H,2-4,10-11,13-18H2,1H3/t23-,24-,27-/m0/s1. The first-order chi connectivity index (χ1) is 16.6. The number of anilines is 1. The van der Waals surface area contributed by atoms with Crippen LogP contribution >= 0.6 is 0 Å². The summed E-state index contributed by atoms with van der Waals surface area (Å²) in [5.74, 6) is 1.76. The lowest BCUT2D eigenvalue weighted by atomic mass is 9.66. The molecule has 1 aromatic heterocycles. The molecular formula is C27H35N3O4. The minimum absolute atomic E-state index is 0.0306. The molecule has 182 valence electrons. The lowest BCUT2D eigenvalue weighted by Crippen LogP contribution is -2.61. The number of aliphatic hydroxyl groups is 1. The van der Waals surface area contributed by atoms with Gasteiger partial charge in [-0.2, -0.15) is 0 Å². The molecule has 0 spiro atoms. The van der Waals surface area contributed by atoms with E-state index in [1.165, 1.54) is 0 Å². The predicted molar refractivity (Wildman–Crippen MR) is 130 cm³/mol. The van der Waals surface area contributed by atoms with Crippen LogP contribution in [-0.4, -0.2) is 72.5 Å². The van der Waals surface area contributed by atoms with Crippen molar-refractivity contribution in [1.29, 1.82) is 0 Å². The Morgan fingerprint density at radius 3 is 2.71 bits per heavy atom. The zero-order valence-electron chi connectivity index (χ0n) is 20.0. The topological polar surface area (TPSA) is 75.1 Å². The van der Waals surface area contributed by atoms with E-state index in [4.69, 9.17) is 9.47 Å². The average Bonchev–Trinajstić information content (AvgIpc) is 2.89. The van der Waals surface area contributed by atoms with Gasteiger partial charge in [0, 0.05) is 43.4 Å². The SMILES string of the molecule is COc1ccc(C[C@H]2[C@@H]3CCCC[C@]3(O)CCN2C(=O)c2ccnc(N3CCOCC3)c2)cc1. The second-order valence-corrected chi connectivity index (χ2v) is 9.83. The lowest BCUT2D eigenvalue weighted by Gasteiger charge is -2.52. The second-order valence-electron chi connectivity index (χ2n) is 9.83. The van der Waals surface area contributed by atoms with E-state index in [0.29, 0.717) is 31.7 Å². The molecule has 3 fully saturated rings. The van der Waals surface area contributed by atoms with Crippen LogP contribution in [0.15, 0.2) is 42.6 Å². The number of carbonyl (C=O) groups is 1. The number of hydrogen-bond acceptors (Lipinski definition) is 6. The summed E-state index contributed by atoms with van der Waals surface area (Å²) in [5.41, 5.74) is 1.14. The van der Waals surface area contributed by atoms with Crippen LogP contribution in [0.4, 0.5) is 5.82 Å². The molecule has 0 bridgehead atoms. The highest BCUT2D eigenvalue weighted by Crippen LogP contribution is 2.44. The number of piperidine rings is 1. The fourth-order valence-corrected chi connectivity index (χ4v) is 6.00. The molecule has 7 heteroatoms. The van der Waals surface area contributed by atoms with Gasteiger partial charge in [0.15, 0.2) is 0 Å².